The summed E-state index contributed by atoms with van der Waals surface area (Å²) in [6.45, 7) is 4.75. The predicted molar refractivity (Wildman–Crippen MR) is 96.8 cm³/mol. The highest BCUT2D eigenvalue weighted by Gasteiger charge is 2.34. The van der Waals surface area contributed by atoms with Crippen LogP contribution in [-0.4, -0.2) is 39.9 Å². The second-order valence-electron chi connectivity index (χ2n) is 7.38. The number of fused-ring (bicyclic) bond motifs is 1. The molecule has 1 aliphatic heterocycles. The van der Waals surface area contributed by atoms with Crippen LogP contribution in [-0.2, 0) is 16.6 Å². The van der Waals surface area contributed by atoms with Crippen molar-refractivity contribution in [2.75, 3.05) is 13.6 Å². The highest BCUT2D eigenvalue weighted by Crippen LogP contribution is 2.26. The number of amides is 2. The SMILES string of the molecule is CC(C)C[C@H](NC(=O)[C@H]1CC(=O)N(C)C1)c1nc2ccccc2n1C. The molecule has 6 nitrogen and oxygen atoms in total. The lowest BCUT2D eigenvalue weighted by molar-refractivity contribution is -0.128. The van der Waals surface area contributed by atoms with E-state index in [1.165, 1.54) is 0 Å². The standard InChI is InChI=1S/C19H26N4O2/c1-12(2)9-15(21-19(25)13-10-17(24)22(3)11-13)18-20-14-7-5-6-8-16(14)23(18)4/h5-8,12-13,15H,9-11H2,1-4H3,(H,21,25)/t13-,15-/m0/s1. The minimum absolute atomic E-state index is 0.0308. The molecule has 0 spiro atoms. The molecule has 1 saturated heterocycles. The molecule has 1 aliphatic rings. The third-order valence-electron chi connectivity index (χ3n) is 4.87. The van der Waals surface area contributed by atoms with Gasteiger partial charge in [0.25, 0.3) is 0 Å². The molecule has 25 heavy (non-hydrogen) atoms. The Morgan fingerprint density at radius 1 is 1.32 bits per heavy atom. The first-order valence-electron chi connectivity index (χ1n) is 8.82. The summed E-state index contributed by atoms with van der Waals surface area (Å²) in [6, 6.07) is 7.81. The van der Waals surface area contributed by atoms with Gasteiger partial charge in [0.15, 0.2) is 0 Å². The number of hydrogen-bond donors (Lipinski definition) is 1. The van der Waals surface area contributed by atoms with Crippen molar-refractivity contribution < 1.29 is 9.59 Å². The highest BCUT2D eigenvalue weighted by atomic mass is 16.2. The lowest BCUT2D eigenvalue weighted by atomic mass is 10.0. The normalized spacial score (nSPS) is 19.0. The molecule has 0 unspecified atom stereocenters. The largest absolute Gasteiger partial charge is 0.346 e. The molecule has 1 N–H and O–H groups in total. The number of para-hydroxylation sites is 2. The van der Waals surface area contributed by atoms with Gasteiger partial charge in [0.2, 0.25) is 11.8 Å². The second kappa shape index (κ2) is 6.86. The molecule has 0 aliphatic carbocycles. The Balaban J connectivity index is 1.85. The summed E-state index contributed by atoms with van der Waals surface area (Å²) in [5.74, 6) is 0.972. The van der Waals surface area contributed by atoms with Gasteiger partial charge in [-0.15, -0.1) is 0 Å². The first-order valence-corrected chi connectivity index (χ1v) is 8.82. The number of hydrogen-bond acceptors (Lipinski definition) is 3. The van der Waals surface area contributed by atoms with E-state index in [-0.39, 0.29) is 23.8 Å². The number of imidazole rings is 1. The Kier molecular flexibility index (Phi) is 4.79. The first kappa shape index (κ1) is 17.5. The molecule has 2 atom stereocenters. The minimum Gasteiger partial charge on any atom is -0.346 e. The third kappa shape index (κ3) is 3.52. The number of rotatable bonds is 5. The highest BCUT2D eigenvalue weighted by molar-refractivity contribution is 5.89. The molecule has 0 saturated carbocycles. The Morgan fingerprint density at radius 3 is 2.64 bits per heavy atom. The number of aromatic nitrogens is 2. The molecule has 0 bridgehead atoms. The summed E-state index contributed by atoms with van der Waals surface area (Å²) in [5, 5.41) is 3.15. The summed E-state index contributed by atoms with van der Waals surface area (Å²) in [4.78, 5) is 30.8. The number of benzene rings is 1. The molecular weight excluding hydrogens is 316 g/mol. The van der Waals surface area contributed by atoms with Crippen molar-refractivity contribution in [3.63, 3.8) is 0 Å². The van der Waals surface area contributed by atoms with Crippen LogP contribution in [0, 0.1) is 11.8 Å². The van der Waals surface area contributed by atoms with Gasteiger partial charge in [-0.1, -0.05) is 26.0 Å². The van der Waals surface area contributed by atoms with Gasteiger partial charge in [-0.05, 0) is 24.5 Å². The zero-order valence-corrected chi connectivity index (χ0v) is 15.3. The van der Waals surface area contributed by atoms with Crippen molar-refractivity contribution in [1.82, 2.24) is 19.8 Å². The van der Waals surface area contributed by atoms with Gasteiger partial charge in [0, 0.05) is 27.1 Å². The molecule has 1 aromatic heterocycles. The van der Waals surface area contributed by atoms with Gasteiger partial charge in [-0.2, -0.15) is 0 Å². The summed E-state index contributed by atoms with van der Waals surface area (Å²) >= 11 is 0. The van der Waals surface area contributed by atoms with Gasteiger partial charge in [0.1, 0.15) is 5.82 Å². The average Bonchev–Trinajstić information content (AvgIpc) is 3.07. The fraction of sp³-hybridized carbons (Fsp3) is 0.526. The van der Waals surface area contributed by atoms with Crippen LogP contribution >= 0.6 is 0 Å². The topological polar surface area (TPSA) is 67.2 Å². The van der Waals surface area contributed by atoms with E-state index in [0.29, 0.717) is 18.9 Å². The molecule has 1 fully saturated rings. The lowest BCUT2D eigenvalue weighted by Crippen LogP contribution is -2.36. The van der Waals surface area contributed by atoms with E-state index in [2.05, 4.69) is 23.7 Å². The second-order valence-corrected chi connectivity index (χ2v) is 7.38. The zero-order valence-electron chi connectivity index (χ0n) is 15.3. The fourth-order valence-corrected chi connectivity index (χ4v) is 3.50. The number of nitrogens with one attached hydrogen (secondary N) is 1. The smallest absolute Gasteiger partial charge is 0.226 e. The summed E-state index contributed by atoms with van der Waals surface area (Å²) in [5.41, 5.74) is 1.98. The summed E-state index contributed by atoms with van der Waals surface area (Å²) in [7, 11) is 3.73. The summed E-state index contributed by atoms with van der Waals surface area (Å²) in [6.07, 6.45) is 1.10. The van der Waals surface area contributed by atoms with Crippen LogP contribution in [0.1, 0.15) is 38.6 Å². The van der Waals surface area contributed by atoms with E-state index in [0.717, 1.165) is 23.3 Å². The molecule has 134 valence electrons. The van der Waals surface area contributed by atoms with Crippen LogP contribution in [0.3, 0.4) is 0 Å². The molecule has 2 aromatic rings. The van der Waals surface area contributed by atoms with Crippen LogP contribution in [0.4, 0.5) is 0 Å². The molecule has 3 rings (SSSR count). The maximum atomic E-state index is 12.7. The fourth-order valence-electron chi connectivity index (χ4n) is 3.50. The van der Waals surface area contributed by atoms with E-state index in [9.17, 15) is 9.59 Å². The Morgan fingerprint density at radius 2 is 2.04 bits per heavy atom. The number of aryl methyl sites for hydroxylation is 1. The van der Waals surface area contributed by atoms with Gasteiger partial charge in [-0.3, -0.25) is 9.59 Å². The average molecular weight is 342 g/mol. The van der Waals surface area contributed by atoms with E-state index >= 15 is 0 Å². The van der Waals surface area contributed by atoms with E-state index in [1.54, 1.807) is 11.9 Å². The first-order chi connectivity index (χ1) is 11.9. The van der Waals surface area contributed by atoms with Crippen molar-refractivity contribution >= 4 is 22.8 Å². The molecule has 0 radical (unpaired) electrons. The van der Waals surface area contributed by atoms with Crippen LogP contribution in [0.2, 0.25) is 0 Å². The van der Waals surface area contributed by atoms with Gasteiger partial charge in [0.05, 0.1) is 23.0 Å². The van der Waals surface area contributed by atoms with Gasteiger partial charge in [-0.25, -0.2) is 4.98 Å². The maximum Gasteiger partial charge on any atom is 0.226 e. The Hall–Kier alpha value is -2.37. The number of nitrogens with zero attached hydrogens (tertiary/aromatic N) is 3. The van der Waals surface area contributed by atoms with E-state index < -0.39 is 0 Å². The van der Waals surface area contributed by atoms with Crippen molar-refractivity contribution in [2.24, 2.45) is 18.9 Å². The Labute approximate surface area is 148 Å². The monoisotopic (exact) mass is 342 g/mol. The lowest BCUT2D eigenvalue weighted by Gasteiger charge is -2.22. The molecule has 2 amide bonds. The van der Waals surface area contributed by atoms with Crippen molar-refractivity contribution in [3.8, 4) is 0 Å². The van der Waals surface area contributed by atoms with Crippen LogP contribution in [0.5, 0.6) is 0 Å². The van der Waals surface area contributed by atoms with Crippen molar-refractivity contribution in [3.05, 3.63) is 30.1 Å². The van der Waals surface area contributed by atoms with Gasteiger partial charge < -0.3 is 14.8 Å². The van der Waals surface area contributed by atoms with Crippen LogP contribution in [0.25, 0.3) is 11.0 Å². The minimum atomic E-state index is -0.276. The van der Waals surface area contributed by atoms with E-state index in [4.69, 9.17) is 4.98 Å². The quantitative estimate of drug-likeness (QED) is 0.906. The number of carbonyl (C=O) groups excluding carboxylic acids is 2. The van der Waals surface area contributed by atoms with Crippen molar-refractivity contribution in [1.29, 1.82) is 0 Å². The molecular formula is C19H26N4O2. The van der Waals surface area contributed by atoms with Crippen molar-refractivity contribution in [2.45, 2.75) is 32.7 Å². The van der Waals surface area contributed by atoms with Crippen LogP contribution < -0.4 is 5.32 Å². The van der Waals surface area contributed by atoms with E-state index in [1.807, 2.05) is 31.3 Å². The molecule has 1 aromatic carbocycles. The molecule has 6 heteroatoms. The molecule has 2 heterocycles. The van der Waals surface area contributed by atoms with Crippen LogP contribution in [0.15, 0.2) is 24.3 Å². The predicted octanol–water partition coefficient (Wildman–Crippen LogP) is 2.25. The number of carbonyl (C=O) groups is 2. The maximum absolute atomic E-state index is 12.7. The summed E-state index contributed by atoms with van der Waals surface area (Å²) < 4.78 is 2.05. The van der Waals surface area contributed by atoms with Gasteiger partial charge >= 0.3 is 0 Å². The Bertz CT molecular complexity index is 796. The number of likely N-dealkylation sites (tertiary alicyclic amines) is 1. The third-order valence-corrected chi connectivity index (χ3v) is 4.87. The zero-order chi connectivity index (χ0) is 18.1.